The van der Waals surface area contributed by atoms with E-state index in [1.54, 1.807) is 23.1 Å². The quantitative estimate of drug-likeness (QED) is 0.587. The standard InChI is InChI=1S/C24H33N3O4/c1-31-24(30)17-9-10-20-21(15-17)27(23(29)16-22(28)25-20)19-11-13-26(14-12-19)18-7-5-3-2-4-6-8-18/h9-10,15,18-19H,2-8,11-14,16H2,1H3,(H,25,28). The topological polar surface area (TPSA) is 79.0 Å². The zero-order valence-electron chi connectivity index (χ0n) is 18.4. The lowest BCUT2D eigenvalue weighted by molar-refractivity contribution is -0.125. The van der Waals surface area contributed by atoms with Crippen molar-refractivity contribution >= 4 is 29.2 Å². The number of likely N-dealkylation sites (tertiary alicyclic amines) is 1. The van der Waals surface area contributed by atoms with Gasteiger partial charge in [0.05, 0.1) is 24.0 Å². The molecule has 0 aromatic heterocycles. The van der Waals surface area contributed by atoms with Crippen LogP contribution in [0.25, 0.3) is 0 Å². The highest BCUT2D eigenvalue weighted by atomic mass is 16.5. The molecule has 0 bridgehead atoms. The zero-order chi connectivity index (χ0) is 21.8. The van der Waals surface area contributed by atoms with Gasteiger partial charge in [-0.05, 0) is 43.9 Å². The molecule has 168 valence electrons. The largest absolute Gasteiger partial charge is 0.465 e. The lowest BCUT2D eigenvalue weighted by Gasteiger charge is -2.42. The molecule has 7 nitrogen and oxygen atoms in total. The first-order valence-corrected chi connectivity index (χ1v) is 11.6. The number of piperidine rings is 1. The number of ether oxygens (including phenoxy) is 1. The lowest BCUT2D eigenvalue weighted by Crippen LogP contribution is -2.50. The van der Waals surface area contributed by atoms with Crippen molar-refractivity contribution in [2.24, 2.45) is 0 Å². The Morgan fingerprint density at radius 1 is 0.968 bits per heavy atom. The SMILES string of the molecule is COC(=O)c1ccc2c(c1)N(C1CCN(C3CCCCCCC3)CC1)C(=O)CC(=O)N2. The molecule has 0 spiro atoms. The third kappa shape index (κ3) is 4.92. The average Bonchev–Trinajstić information content (AvgIpc) is 2.87. The number of nitrogens with one attached hydrogen (secondary N) is 1. The summed E-state index contributed by atoms with van der Waals surface area (Å²) in [7, 11) is 1.34. The fourth-order valence-corrected chi connectivity index (χ4v) is 5.34. The maximum Gasteiger partial charge on any atom is 0.337 e. The molecule has 0 radical (unpaired) electrons. The second-order valence-corrected chi connectivity index (χ2v) is 8.98. The van der Waals surface area contributed by atoms with E-state index in [1.165, 1.54) is 52.1 Å². The van der Waals surface area contributed by atoms with Crippen LogP contribution in [0, 0.1) is 0 Å². The summed E-state index contributed by atoms with van der Waals surface area (Å²) in [6.45, 7) is 1.93. The number of carbonyl (C=O) groups excluding carboxylic acids is 3. The highest BCUT2D eigenvalue weighted by molar-refractivity contribution is 6.15. The Kier molecular flexibility index (Phi) is 6.90. The lowest BCUT2D eigenvalue weighted by atomic mass is 9.93. The molecular formula is C24H33N3O4. The highest BCUT2D eigenvalue weighted by Crippen LogP contribution is 2.35. The summed E-state index contributed by atoms with van der Waals surface area (Å²) >= 11 is 0. The first kappa shape index (κ1) is 21.8. The van der Waals surface area contributed by atoms with E-state index in [9.17, 15) is 14.4 Å². The van der Waals surface area contributed by atoms with Crippen LogP contribution in [0.4, 0.5) is 11.4 Å². The second kappa shape index (κ2) is 9.81. The van der Waals surface area contributed by atoms with Gasteiger partial charge in [0.2, 0.25) is 11.8 Å². The Hall–Kier alpha value is -2.41. The molecule has 2 fully saturated rings. The molecule has 0 unspecified atom stereocenters. The molecule has 2 heterocycles. The molecule has 1 aromatic rings. The molecule has 1 saturated carbocycles. The number of rotatable bonds is 3. The summed E-state index contributed by atoms with van der Waals surface area (Å²) < 4.78 is 4.85. The van der Waals surface area contributed by atoms with Crippen molar-refractivity contribution < 1.29 is 19.1 Å². The fraction of sp³-hybridized carbons (Fsp3) is 0.625. The van der Waals surface area contributed by atoms with E-state index in [2.05, 4.69) is 10.2 Å². The van der Waals surface area contributed by atoms with E-state index in [0.29, 0.717) is 23.0 Å². The number of nitrogens with zero attached hydrogens (tertiary/aromatic N) is 2. The van der Waals surface area contributed by atoms with E-state index in [4.69, 9.17) is 4.74 Å². The van der Waals surface area contributed by atoms with Crippen molar-refractivity contribution in [3.05, 3.63) is 23.8 Å². The van der Waals surface area contributed by atoms with Gasteiger partial charge in [0.25, 0.3) is 0 Å². The average molecular weight is 428 g/mol. The van der Waals surface area contributed by atoms with Crippen molar-refractivity contribution in [2.75, 3.05) is 30.4 Å². The molecule has 1 aromatic carbocycles. The third-order valence-electron chi connectivity index (χ3n) is 6.99. The minimum Gasteiger partial charge on any atom is -0.465 e. The van der Waals surface area contributed by atoms with Crippen molar-refractivity contribution in [1.82, 2.24) is 4.90 Å². The van der Waals surface area contributed by atoms with Gasteiger partial charge in [-0.3, -0.25) is 9.59 Å². The molecule has 7 heteroatoms. The Balaban J connectivity index is 1.53. The van der Waals surface area contributed by atoms with Crippen LogP contribution in [-0.2, 0) is 14.3 Å². The number of hydrogen-bond donors (Lipinski definition) is 1. The molecule has 1 saturated heterocycles. The minimum absolute atomic E-state index is 0.0247. The highest BCUT2D eigenvalue weighted by Gasteiger charge is 2.35. The molecular weight excluding hydrogens is 394 g/mol. The summed E-state index contributed by atoms with van der Waals surface area (Å²) in [4.78, 5) is 41.7. The number of amides is 2. The van der Waals surface area contributed by atoms with Crippen LogP contribution >= 0.6 is 0 Å². The maximum absolute atomic E-state index is 13.0. The Morgan fingerprint density at radius 3 is 2.32 bits per heavy atom. The minimum atomic E-state index is -0.454. The number of esters is 1. The Bertz CT molecular complexity index is 824. The van der Waals surface area contributed by atoms with E-state index in [1.807, 2.05) is 0 Å². The summed E-state index contributed by atoms with van der Waals surface area (Å²) in [5.74, 6) is -0.973. The summed E-state index contributed by atoms with van der Waals surface area (Å²) in [5.41, 5.74) is 1.55. The smallest absolute Gasteiger partial charge is 0.337 e. The molecule has 3 aliphatic rings. The van der Waals surface area contributed by atoms with Crippen LogP contribution < -0.4 is 10.2 Å². The van der Waals surface area contributed by atoms with Gasteiger partial charge in [-0.25, -0.2) is 4.79 Å². The van der Waals surface area contributed by atoms with E-state index in [-0.39, 0.29) is 24.3 Å². The molecule has 0 atom stereocenters. The number of methoxy groups -OCH3 is 1. The van der Waals surface area contributed by atoms with Crippen molar-refractivity contribution in [3.63, 3.8) is 0 Å². The third-order valence-corrected chi connectivity index (χ3v) is 6.99. The van der Waals surface area contributed by atoms with Gasteiger partial charge in [-0.2, -0.15) is 0 Å². The monoisotopic (exact) mass is 427 g/mol. The van der Waals surface area contributed by atoms with Crippen molar-refractivity contribution in [3.8, 4) is 0 Å². The fourth-order valence-electron chi connectivity index (χ4n) is 5.34. The molecule has 2 aliphatic heterocycles. The molecule has 31 heavy (non-hydrogen) atoms. The number of fused-ring (bicyclic) bond motifs is 1. The van der Waals surface area contributed by atoms with Gasteiger partial charge in [-0.15, -0.1) is 0 Å². The van der Waals surface area contributed by atoms with Gasteiger partial charge in [0.15, 0.2) is 0 Å². The summed E-state index contributed by atoms with van der Waals surface area (Å²) in [6.07, 6.45) is 10.8. The number of hydrogen-bond acceptors (Lipinski definition) is 5. The van der Waals surface area contributed by atoms with E-state index < -0.39 is 5.97 Å². The van der Waals surface area contributed by atoms with Crippen molar-refractivity contribution in [2.45, 2.75) is 76.3 Å². The summed E-state index contributed by atoms with van der Waals surface area (Å²) in [6, 6.07) is 5.66. The second-order valence-electron chi connectivity index (χ2n) is 8.98. The first-order chi connectivity index (χ1) is 15.1. The Morgan fingerprint density at radius 2 is 1.65 bits per heavy atom. The van der Waals surface area contributed by atoms with Gasteiger partial charge < -0.3 is 19.9 Å². The maximum atomic E-state index is 13.0. The molecule has 1 N–H and O–H groups in total. The van der Waals surface area contributed by atoms with Crippen LogP contribution in [0.5, 0.6) is 0 Å². The van der Waals surface area contributed by atoms with E-state index in [0.717, 1.165) is 25.9 Å². The number of benzene rings is 1. The first-order valence-electron chi connectivity index (χ1n) is 11.6. The number of carbonyl (C=O) groups is 3. The van der Waals surface area contributed by atoms with Crippen LogP contribution in [0.15, 0.2) is 18.2 Å². The van der Waals surface area contributed by atoms with Gasteiger partial charge in [0.1, 0.15) is 6.42 Å². The van der Waals surface area contributed by atoms with E-state index >= 15 is 0 Å². The molecule has 4 rings (SSSR count). The normalized spacial score (nSPS) is 22.2. The predicted molar refractivity (Wildman–Crippen MR) is 119 cm³/mol. The van der Waals surface area contributed by atoms with Crippen LogP contribution in [-0.4, -0.2) is 55.0 Å². The van der Waals surface area contributed by atoms with Gasteiger partial charge >= 0.3 is 5.97 Å². The van der Waals surface area contributed by atoms with Gasteiger partial charge in [-0.1, -0.05) is 32.1 Å². The summed E-state index contributed by atoms with van der Waals surface area (Å²) in [5, 5.41) is 2.82. The zero-order valence-corrected chi connectivity index (χ0v) is 18.4. The molecule has 1 aliphatic carbocycles. The van der Waals surface area contributed by atoms with Crippen LogP contribution in [0.2, 0.25) is 0 Å². The van der Waals surface area contributed by atoms with Gasteiger partial charge in [0, 0.05) is 25.2 Å². The number of anilines is 2. The van der Waals surface area contributed by atoms with Crippen LogP contribution in [0.3, 0.4) is 0 Å². The van der Waals surface area contributed by atoms with Crippen LogP contribution in [0.1, 0.15) is 74.6 Å². The predicted octanol–water partition coefficient (Wildman–Crippen LogP) is 3.73. The van der Waals surface area contributed by atoms with Crippen molar-refractivity contribution in [1.29, 1.82) is 0 Å². The Labute approximate surface area is 184 Å². The molecule has 2 amide bonds.